The van der Waals surface area contributed by atoms with E-state index in [4.69, 9.17) is 0 Å². The van der Waals surface area contributed by atoms with Gasteiger partial charge >= 0.3 is 0 Å². The summed E-state index contributed by atoms with van der Waals surface area (Å²) in [5.74, 6) is 1.80. The fourth-order valence-electron chi connectivity index (χ4n) is 1.96. The Labute approximate surface area is 135 Å². The first-order valence-corrected chi connectivity index (χ1v) is 8.40. The Hall–Kier alpha value is -1.82. The van der Waals surface area contributed by atoms with E-state index >= 15 is 0 Å². The predicted octanol–water partition coefficient (Wildman–Crippen LogP) is 2.74. The van der Waals surface area contributed by atoms with Crippen molar-refractivity contribution in [1.29, 1.82) is 0 Å². The van der Waals surface area contributed by atoms with Crippen LogP contribution in [0.1, 0.15) is 20.3 Å². The average molecular weight is 318 g/mol. The number of hydrogen-bond acceptors (Lipinski definition) is 4. The Morgan fingerprint density at radius 2 is 2.00 bits per heavy atom. The Kier molecular flexibility index (Phi) is 6.00. The van der Waals surface area contributed by atoms with Crippen molar-refractivity contribution < 1.29 is 4.79 Å². The van der Waals surface area contributed by atoms with Crippen LogP contribution in [0.4, 0.5) is 0 Å². The van der Waals surface area contributed by atoms with Crippen LogP contribution in [0.15, 0.2) is 35.5 Å². The third-order valence-corrected chi connectivity index (χ3v) is 4.26. The number of amides is 1. The van der Waals surface area contributed by atoms with E-state index in [-0.39, 0.29) is 5.91 Å². The summed E-state index contributed by atoms with van der Waals surface area (Å²) in [5.41, 5.74) is 1.02. The third kappa shape index (κ3) is 4.59. The number of hydrogen-bond donors (Lipinski definition) is 1. The zero-order valence-electron chi connectivity index (χ0n) is 13.2. The average Bonchev–Trinajstić information content (AvgIpc) is 2.87. The largest absolute Gasteiger partial charge is 0.355 e. The highest BCUT2D eigenvalue weighted by molar-refractivity contribution is 7.99. The van der Waals surface area contributed by atoms with Crippen molar-refractivity contribution in [3.05, 3.63) is 30.3 Å². The van der Waals surface area contributed by atoms with Gasteiger partial charge in [-0.2, -0.15) is 0 Å². The van der Waals surface area contributed by atoms with Gasteiger partial charge in [-0.15, -0.1) is 10.2 Å². The van der Waals surface area contributed by atoms with Gasteiger partial charge in [0.1, 0.15) is 0 Å². The summed E-state index contributed by atoms with van der Waals surface area (Å²) in [4.78, 5) is 11.8. The highest BCUT2D eigenvalue weighted by Gasteiger charge is 2.12. The predicted molar refractivity (Wildman–Crippen MR) is 89.6 cm³/mol. The van der Waals surface area contributed by atoms with Gasteiger partial charge in [0.05, 0.1) is 5.75 Å². The molecule has 5 nitrogen and oxygen atoms in total. The van der Waals surface area contributed by atoms with Gasteiger partial charge in [-0.3, -0.25) is 4.79 Å². The Balaban J connectivity index is 1.89. The summed E-state index contributed by atoms with van der Waals surface area (Å²) in [7, 11) is 1.92. The summed E-state index contributed by atoms with van der Waals surface area (Å²) in [6.07, 6.45) is 0.999. The van der Waals surface area contributed by atoms with Gasteiger partial charge < -0.3 is 9.88 Å². The standard InChI is InChI=1S/C16H22N4OS/c1-12(2)9-10-17-14(21)11-22-16-19-18-15(20(16)3)13-7-5-4-6-8-13/h4-8,12H,9-11H2,1-3H3,(H,17,21). The Morgan fingerprint density at radius 3 is 2.68 bits per heavy atom. The first-order valence-electron chi connectivity index (χ1n) is 7.42. The second kappa shape index (κ2) is 7.98. The fourth-order valence-corrected chi connectivity index (χ4v) is 2.70. The topological polar surface area (TPSA) is 59.8 Å². The van der Waals surface area contributed by atoms with E-state index in [2.05, 4.69) is 29.4 Å². The van der Waals surface area contributed by atoms with Crippen LogP contribution in [0.5, 0.6) is 0 Å². The van der Waals surface area contributed by atoms with Gasteiger partial charge in [-0.25, -0.2) is 0 Å². The second-order valence-electron chi connectivity index (χ2n) is 5.55. The third-order valence-electron chi connectivity index (χ3n) is 3.24. The highest BCUT2D eigenvalue weighted by atomic mass is 32.2. The van der Waals surface area contributed by atoms with Gasteiger partial charge in [0.25, 0.3) is 0 Å². The number of nitrogens with zero attached hydrogens (tertiary/aromatic N) is 3. The van der Waals surface area contributed by atoms with Crippen LogP contribution < -0.4 is 5.32 Å². The molecule has 1 N–H and O–H groups in total. The van der Waals surface area contributed by atoms with Gasteiger partial charge in [0.2, 0.25) is 5.91 Å². The Morgan fingerprint density at radius 1 is 1.27 bits per heavy atom. The van der Waals surface area contributed by atoms with Crippen LogP contribution in [-0.4, -0.2) is 33.0 Å². The smallest absolute Gasteiger partial charge is 0.230 e. The Bertz CT molecular complexity index is 610. The van der Waals surface area contributed by atoms with Gasteiger partial charge in [0, 0.05) is 19.2 Å². The molecule has 0 bridgehead atoms. The summed E-state index contributed by atoms with van der Waals surface area (Å²) in [6.45, 7) is 5.02. The summed E-state index contributed by atoms with van der Waals surface area (Å²) in [5, 5.41) is 12.1. The van der Waals surface area contributed by atoms with E-state index in [9.17, 15) is 4.79 Å². The van der Waals surface area contributed by atoms with E-state index in [0.717, 1.165) is 29.5 Å². The number of benzene rings is 1. The molecule has 6 heteroatoms. The van der Waals surface area contributed by atoms with E-state index < -0.39 is 0 Å². The normalized spacial score (nSPS) is 10.9. The van der Waals surface area contributed by atoms with Crippen LogP contribution in [0.25, 0.3) is 11.4 Å². The van der Waals surface area contributed by atoms with Gasteiger partial charge in [-0.1, -0.05) is 55.9 Å². The summed E-state index contributed by atoms with van der Waals surface area (Å²) >= 11 is 1.41. The second-order valence-corrected chi connectivity index (χ2v) is 6.49. The number of carbonyl (C=O) groups excluding carboxylic acids is 1. The molecule has 0 spiro atoms. The maximum Gasteiger partial charge on any atom is 0.230 e. The number of carbonyl (C=O) groups is 1. The maximum atomic E-state index is 11.8. The zero-order chi connectivity index (χ0) is 15.9. The first kappa shape index (κ1) is 16.5. The van der Waals surface area contributed by atoms with Crippen LogP contribution in [0.2, 0.25) is 0 Å². The van der Waals surface area contributed by atoms with Gasteiger partial charge in [-0.05, 0) is 12.3 Å². The van der Waals surface area contributed by atoms with Crippen molar-refractivity contribution in [2.75, 3.05) is 12.3 Å². The molecule has 0 saturated heterocycles. The first-order chi connectivity index (χ1) is 10.6. The van der Waals surface area contributed by atoms with Crippen molar-refractivity contribution in [1.82, 2.24) is 20.1 Å². The highest BCUT2D eigenvalue weighted by Crippen LogP contribution is 2.22. The lowest BCUT2D eigenvalue weighted by molar-refractivity contribution is -0.118. The van der Waals surface area contributed by atoms with Crippen molar-refractivity contribution >= 4 is 17.7 Å². The molecule has 1 aromatic heterocycles. The lowest BCUT2D eigenvalue weighted by atomic mass is 10.1. The number of thioether (sulfide) groups is 1. The zero-order valence-corrected chi connectivity index (χ0v) is 14.1. The SMILES string of the molecule is CC(C)CCNC(=O)CSc1nnc(-c2ccccc2)n1C. The van der Waals surface area contributed by atoms with Crippen LogP contribution in [-0.2, 0) is 11.8 Å². The molecule has 118 valence electrons. The molecule has 0 aliphatic carbocycles. The van der Waals surface area contributed by atoms with E-state index in [1.165, 1.54) is 11.8 Å². The molecule has 0 aliphatic heterocycles. The van der Waals surface area contributed by atoms with Crippen molar-refractivity contribution in [3.63, 3.8) is 0 Å². The molecule has 22 heavy (non-hydrogen) atoms. The van der Waals surface area contributed by atoms with Crippen LogP contribution in [0.3, 0.4) is 0 Å². The van der Waals surface area contributed by atoms with Crippen molar-refractivity contribution in [2.24, 2.45) is 13.0 Å². The molecular weight excluding hydrogens is 296 g/mol. The van der Waals surface area contributed by atoms with E-state index in [1.807, 2.05) is 41.9 Å². The monoisotopic (exact) mass is 318 g/mol. The minimum Gasteiger partial charge on any atom is -0.355 e. The lowest BCUT2D eigenvalue weighted by Gasteiger charge is -2.07. The molecule has 1 aromatic carbocycles. The number of rotatable bonds is 7. The molecular formula is C16H22N4OS. The van der Waals surface area contributed by atoms with Crippen LogP contribution >= 0.6 is 11.8 Å². The molecule has 0 radical (unpaired) electrons. The molecule has 0 saturated carbocycles. The molecule has 2 aromatic rings. The fraction of sp³-hybridized carbons (Fsp3) is 0.438. The van der Waals surface area contributed by atoms with Crippen LogP contribution in [0, 0.1) is 5.92 Å². The number of nitrogens with one attached hydrogen (secondary N) is 1. The maximum absolute atomic E-state index is 11.8. The lowest BCUT2D eigenvalue weighted by Crippen LogP contribution is -2.27. The molecule has 1 heterocycles. The number of aromatic nitrogens is 3. The minimum absolute atomic E-state index is 0.0370. The molecule has 0 unspecified atom stereocenters. The summed E-state index contributed by atoms with van der Waals surface area (Å²) in [6, 6.07) is 9.91. The molecule has 0 aliphatic rings. The molecule has 0 fully saturated rings. The summed E-state index contributed by atoms with van der Waals surface area (Å²) < 4.78 is 1.92. The van der Waals surface area contributed by atoms with Crippen molar-refractivity contribution in [2.45, 2.75) is 25.4 Å². The van der Waals surface area contributed by atoms with E-state index in [1.54, 1.807) is 0 Å². The van der Waals surface area contributed by atoms with Crippen molar-refractivity contribution in [3.8, 4) is 11.4 Å². The van der Waals surface area contributed by atoms with E-state index in [0.29, 0.717) is 11.7 Å². The molecule has 1 amide bonds. The quantitative estimate of drug-likeness (QED) is 0.798. The van der Waals surface area contributed by atoms with Gasteiger partial charge in [0.15, 0.2) is 11.0 Å². The minimum atomic E-state index is 0.0370. The molecule has 0 atom stereocenters. The molecule has 2 rings (SSSR count).